The number of nitrogens with zero attached hydrogens (tertiary/aromatic N) is 1. The van der Waals surface area contributed by atoms with E-state index in [1.807, 2.05) is 0 Å². The van der Waals surface area contributed by atoms with Crippen LogP contribution in [0.4, 0.5) is 0 Å². The van der Waals surface area contributed by atoms with Crippen LogP contribution >= 0.6 is 0 Å². The number of aliphatic imine (C=N–C) groups is 1. The average Bonchev–Trinajstić information content (AvgIpc) is 3.31. The molecule has 6 rings (SSSR count). The molecule has 0 heterocycles. The van der Waals surface area contributed by atoms with Gasteiger partial charge in [-0.05, 0) is 0 Å². The molecule has 180 valence electrons. The second-order valence-corrected chi connectivity index (χ2v) is 9.63. The molecule has 0 bridgehead atoms. The zero-order valence-corrected chi connectivity index (χ0v) is 22.5. The number of hydrogen-bond donors (Lipinski definition) is 0. The summed E-state index contributed by atoms with van der Waals surface area (Å²) in [5.74, 6) is 0. The van der Waals surface area contributed by atoms with Gasteiger partial charge in [0, 0.05) is 0 Å². The van der Waals surface area contributed by atoms with Gasteiger partial charge in [-0.2, -0.15) is 0 Å². The molecule has 1 aliphatic rings. The number of benzene rings is 5. The van der Waals surface area contributed by atoms with Crippen molar-refractivity contribution in [2.45, 2.75) is 5.54 Å². The van der Waals surface area contributed by atoms with Crippen LogP contribution < -0.4 is 0 Å². The predicted octanol–water partition coefficient (Wildman–Crippen LogP) is 8.19. The minimum atomic E-state index is -0.828. The Kier molecular flexibility index (Phi) is 6.69. The van der Waals surface area contributed by atoms with Crippen molar-refractivity contribution in [3.63, 3.8) is 0 Å². The van der Waals surface area contributed by atoms with Gasteiger partial charge in [0.15, 0.2) is 0 Å². The van der Waals surface area contributed by atoms with Gasteiger partial charge >= 0.3 is 233 Å². The van der Waals surface area contributed by atoms with Crippen LogP contribution in [0.1, 0.15) is 27.8 Å². The molecule has 2 heteroatoms. The van der Waals surface area contributed by atoms with Gasteiger partial charge in [-0.15, -0.1) is 0 Å². The van der Waals surface area contributed by atoms with Gasteiger partial charge in [0.25, 0.3) is 0 Å². The van der Waals surface area contributed by atoms with E-state index < -0.39 is 5.54 Å². The van der Waals surface area contributed by atoms with E-state index in [0.717, 1.165) is 39.0 Å². The van der Waals surface area contributed by atoms with Gasteiger partial charge in [-0.1, -0.05) is 0 Å². The van der Waals surface area contributed by atoms with Crippen LogP contribution in [0.2, 0.25) is 0 Å². The molecule has 1 aliphatic carbocycles. The molecule has 0 radical (unpaired) electrons. The Hall–Kier alpha value is -4.32. The molecule has 0 saturated heterocycles. The van der Waals surface area contributed by atoms with Crippen LogP contribution in [-0.2, 0) is 5.54 Å². The number of allylic oxidation sites excluding steroid dienone is 2. The third-order valence-corrected chi connectivity index (χ3v) is 7.32. The van der Waals surface area contributed by atoms with Crippen LogP contribution in [0.3, 0.4) is 0 Å². The van der Waals surface area contributed by atoms with Crippen LogP contribution in [0, 0.1) is 0 Å². The number of rotatable bonds is 6. The fourth-order valence-corrected chi connectivity index (χ4v) is 5.94. The van der Waals surface area contributed by atoms with Gasteiger partial charge in [0.1, 0.15) is 0 Å². The molecule has 0 N–H and O–H groups in total. The third-order valence-electron chi connectivity index (χ3n) is 7.13. The summed E-state index contributed by atoms with van der Waals surface area (Å²) in [5, 5.41) is 0. The molecule has 0 aliphatic heterocycles. The van der Waals surface area contributed by atoms with Crippen LogP contribution in [0.15, 0.2) is 157 Å². The molecule has 0 aromatic heterocycles. The maximum atomic E-state index is 5.27. The summed E-state index contributed by atoms with van der Waals surface area (Å²) in [4.78, 5) is 5.27. The van der Waals surface area contributed by atoms with Crippen molar-refractivity contribution < 1.29 is 0 Å². The molecule has 0 spiro atoms. The van der Waals surface area contributed by atoms with E-state index in [-0.39, 0.29) is 0 Å². The monoisotopic (exact) mass is 551 g/mol. The topological polar surface area (TPSA) is 12.4 Å². The molecule has 0 atom stereocenters. The summed E-state index contributed by atoms with van der Waals surface area (Å²) in [5.41, 5.74) is 9.52. The normalized spacial score (nSPS) is 14.3. The van der Waals surface area contributed by atoms with Gasteiger partial charge in [-0.3, -0.25) is 0 Å². The first-order valence-electron chi connectivity index (χ1n) is 12.7. The van der Waals surface area contributed by atoms with Gasteiger partial charge in [0.2, 0.25) is 0 Å². The Bertz CT molecular complexity index is 1560. The van der Waals surface area contributed by atoms with Crippen LogP contribution in [0.25, 0.3) is 22.3 Å². The number of hydrogen-bond acceptors (Lipinski definition) is 1. The van der Waals surface area contributed by atoms with Crippen LogP contribution in [0.5, 0.6) is 0 Å². The Morgan fingerprint density at radius 1 is 0.421 bits per heavy atom. The first kappa shape index (κ1) is 24.0. The molecular formula is C36H25NSe. The Balaban J connectivity index is 1.89. The molecule has 5 aromatic carbocycles. The van der Waals surface area contributed by atoms with Crippen molar-refractivity contribution in [2.75, 3.05) is 0 Å². The van der Waals surface area contributed by atoms with E-state index in [9.17, 15) is 0 Å². The molecule has 0 amide bonds. The molecule has 38 heavy (non-hydrogen) atoms. The van der Waals surface area contributed by atoms with Crippen molar-refractivity contribution in [3.05, 3.63) is 179 Å². The fraction of sp³-hybridized carbons (Fsp3) is 0.0278. The van der Waals surface area contributed by atoms with Gasteiger partial charge in [0.05, 0.1) is 0 Å². The van der Waals surface area contributed by atoms with E-state index >= 15 is 0 Å². The summed E-state index contributed by atoms with van der Waals surface area (Å²) in [7, 11) is 0. The standard InChI is InChI=1S/C36H25NSe/c38-26-37-36(31-24-14-5-15-25-31)34(29-20-10-3-11-21-29)32(27-16-6-1-7-17-27)33(28-18-8-2-9-19-28)35(36)30-22-12-4-13-23-30/h1-25H. The zero-order valence-electron chi connectivity index (χ0n) is 20.8. The van der Waals surface area contributed by atoms with Crippen molar-refractivity contribution in [1.82, 2.24) is 0 Å². The van der Waals surface area contributed by atoms with Crippen molar-refractivity contribution in [1.29, 1.82) is 0 Å². The van der Waals surface area contributed by atoms with Crippen molar-refractivity contribution in [3.8, 4) is 0 Å². The Labute approximate surface area is 231 Å². The average molecular weight is 551 g/mol. The summed E-state index contributed by atoms with van der Waals surface area (Å²) in [6, 6.07) is 53.4. The van der Waals surface area contributed by atoms with Gasteiger partial charge in [-0.25, -0.2) is 0 Å². The van der Waals surface area contributed by atoms with E-state index in [1.54, 1.807) is 0 Å². The minimum absolute atomic E-state index is 0.828. The van der Waals surface area contributed by atoms with E-state index in [0.29, 0.717) is 0 Å². The maximum absolute atomic E-state index is 5.27. The second-order valence-electron chi connectivity index (χ2n) is 9.24. The molecule has 0 saturated carbocycles. The molecular weight excluding hydrogens is 525 g/mol. The van der Waals surface area contributed by atoms with Gasteiger partial charge < -0.3 is 0 Å². The SMILES string of the molecule is [Se]=C=NC1(c2ccccc2)C(c2ccccc2)=C(c2ccccc2)C(c2ccccc2)=C1c1ccccc1. The van der Waals surface area contributed by atoms with Crippen molar-refractivity contribution >= 4 is 42.6 Å². The Morgan fingerprint density at radius 2 is 0.737 bits per heavy atom. The van der Waals surface area contributed by atoms with E-state index in [4.69, 9.17) is 4.99 Å². The first-order chi connectivity index (χ1) is 18.8. The summed E-state index contributed by atoms with van der Waals surface area (Å²) in [6.07, 6.45) is 0. The van der Waals surface area contributed by atoms with Crippen molar-refractivity contribution in [2.24, 2.45) is 4.99 Å². The molecule has 1 nitrogen and oxygen atoms in total. The quantitative estimate of drug-likeness (QED) is 0.149. The summed E-state index contributed by atoms with van der Waals surface area (Å²) >= 11 is 2.96. The third kappa shape index (κ3) is 4.06. The molecule has 0 unspecified atom stereocenters. The molecule has 5 aromatic rings. The molecule has 0 fully saturated rings. The first-order valence-corrected chi connectivity index (χ1v) is 13.6. The predicted molar refractivity (Wildman–Crippen MR) is 161 cm³/mol. The summed E-state index contributed by atoms with van der Waals surface area (Å²) < 4.78 is 3.12. The second kappa shape index (κ2) is 10.6. The zero-order chi connectivity index (χ0) is 25.8. The van der Waals surface area contributed by atoms with Crippen LogP contribution in [-0.4, -0.2) is 20.3 Å². The Morgan fingerprint density at radius 3 is 1.08 bits per heavy atom. The fourth-order valence-electron chi connectivity index (χ4n) is 5.65. The van der Waals surface area contributed by atoms with E-state index in [1.165, 1.54) is 11.1 Å². The summed E-state index contributed by atoms with van der Waals surface area (Å²) in [6.45, 7) is 0. The van der Waals surface area contributed by atoms with E-state index in [2.05, 4.69) is 172 Å².